The molecule has 2 heterocycles. The standard InChI is InChI=1S/C19H21FN2O3/c1-12(2)25-18-9-14(6-7-21-18)19(24)22-11-16(23)10-17(22)13-4-3-5-15(20)8-13/h3-9,12,16-17,23H,10-11H2,1-2H3/t16-,17+/m0/s1. The van der Waals surface area contributed by atoms with Gasteiger partial charge in [0.25, 0.3) is 5.91 Å². The molecule has 1 amide bonds. The summed E-state index contributed by atoms with van der Waals surface area (Å²) in [5.74, 6) is -0.215. The molecule has 132 valence electrons. The molecule has 1 saturated heterocycles. The fourth-order valence-corrected chi connectivity index (χ4v) is 3.08. The highest BCUT2D eigenvalue weighted by Crippen LogP contribution is 2.33. The van der Waals surface area contributed by atoms with Crippen molar-refractivity contribution in [2.75, 3.05) is 6.54 Å². The number of benzene rings is 1. The van der Waals surface area contributed by atoms with Crippen molar-refractivity contribution >= 4 is 5.91 Å². The lowest BCUT2D eigenvalue weighted by atomic mass is 10.0. The Morgan fingerprint density at radius 3 is 2.88 bits per heavy atom. The van der Waals surface area contributed by atoms with E-state index in [1.54, 1.807) is 29.2 Å². The van der Waals surface area contributed by atoms with Crippen molar-refractivity contribution in [2.45, 2.75) is 38.5 Å². The number of nitrogens with zero attached hydrogens (tertiary/aromatic N) is 2. The van der Waals surface area contributed by atoms with Crippen molar-refractivity contribution in [3.63, 3.8) is 0 Å². The normalized spacial score (nSPS) is 20.1. The van der Waals surface area contributed by atoms with Crippen molar-refractivity contribution < 1.29 is 19.0 Å². The van der Waals surface area contributed by atoms with Crippen molar-refractivity contribution in [2.24, 2.45) is 0 Å². The van der Waals surface area contributed by atoms with E-state index in [1.165, 1.54) is 18.3 Å². The monoisotopic (exact) mass is 344 g/mol. The molecule has 1 aromatic carbocycles. The van der Waals surface area contributed by atoms with Crippen molar-refractivity contribution in [1.29, 1.82) is 0 Å². The van der Waals surface area contributed by atoms with Crippen LogP contribution < -0.4 is 4.74 Å². The molecule has 1 fully saturated rings. The second kappa shape index (κ2) is 7.19. The average molecular weight is 344 g/mol. The molecule has 1 aromatic heterocycles. The molecule has 1 aliphatic heterocycles. The number of aliphatic hydroxyl groups is 1. The van der Waals surface area contributed by atoms with Gasteiger partial charge < -0.3 is 14.7 Å². The molecule has 0 unspecified atom stereocenters. The maximum Gasteiger partial charge on any atom is 0.254 e. The van der Waals surface area contributed by atoms with Crippen molar-refractivity contribution in [3.8, 4) is 5.88 Å². The van der Waals surface area contributed by atoms with Crippen LogP contribution in [-0.4, -0.2) is 39.7 Å². The van der Waals surface area contributed by atoms with Gasteiger partial charge in [-0.15, -0.1) is 0 Å². The van der Waals surface area contributed by atoms with Gasteiger partial charge in [0.05, 0.1) is 18.2 Å². The summed E-state index contributed by atoms with van der Waals surface area (Å²) in [6, 6.07) is 8.99. The van der Waals surface area contributed by atoms with Crippen LogP contribution in [0.3, 0.4) is 0 Å². The topological polar surface area (TPSA) is 62.7 Å². The number of β-amino-alcohol motifs (C(OH)–C–C–N with tert-alkyl or cyclic N) is 1. The van der Waals surface area contributed by atoms with Gasteiger partial charge in [-0.05, 0) is 44.0 Å². The zero-order chi connectivity index (χ0) is 18.0. The number of hydrogen-bond donors (Lipinski definition) is 1. The summed E-state index contributed by atoms with van der Waals surface area (Å²) < 4.78 is 19.1. The number of ether oxygens (including phenoxy) is 1. The van der Waals surface area contributed by atoms with Gasteiger partial charge >= 0.3 is 0 Å². The number of carbonyl (C=O) groups excluding carboxylic acids is 1. The van der Waals surface area contributed by atoms with Crippen molar-refractivity contribution in [3.05, 3.63) is 59.5 Å². The third-order valence-electron chi connectivity index (χ3n) is 4.11. The van der Waals surface area contributed by atoms with Gasteiger partial charge in [0.1, 0.15) is 5.82 Å². The quantitative estimate of drug-likeness (QED) is 0.926. The Morgan fingerprint density at radius 1 is 1.36 bits per heavy atom. The number of aliphatic hydroxyl groups excluding tert-OH is 1. The van der Waals surface area contributed by atoms with Crippen LogP contribution in [0.4, 0.5) is 4.39 Å². The number of rotatable bonds is 4. The maximum absolute atomic E-state index is 13.6. The minimum Gasteiger partial charge on any atom is -0.475 e. The summed E-state index contributed by atoms with van der Waals surface area (Å²) in [6.45, 7) is 3.97. The highest BCUT2D eigenvalue weighted by atomic mass is 19.1. The summed E-state index contributed by atoms with van der Waals surface area (Å²) in [5.41, 5.74) is 1.11. The Bertz CT molecular complexity index is 766. The first kappa shape index (κ1) is 17.4. The van der Waals surface area contributed by atoms with Gasteiger partial charge in [-0.2, -0.15) is 0 Å². The largest absolute Gasteiger partial charge is 0.475 e. The molecule has 0 spiro atoms. The lowest BCUT2D eigenvalue weighted by Gasteiger charge is -2.25. The maximum atomic E-state index is 13.6. The van der Waals surface area contributed by atoms with Gasteiger partial charge in [0, 0.05) is 24.4 Å². The van der Waals surface area contributed by atoms with Crippen LogP contribution in [0.2, 0.25) is 0 Å². The van der Waals surface area contributed by atoms with Crippen molar-refractivity contribution in [1.82, 2.24) is 9.88 Å². The van der Waals surface area contributed by atoms with Gasteiger partial charge in [-0.1, -0.05) is 12.1 Å². The summed E-state index contributed by atoms with van der Waals surface area (Å²) in [7, 11) is 0. The Balaban J connectivity index is 1.87. The molecule has 2 atom stereocenters. The smallest absolute Gasteiger partial charge is 0.254 e. The predicted molar refractivity (Wildman–Crippen MR) is 90.8 cm³/mol. The third kappa shape index (κ3) is 3.96. The van der Waals surface area contributed by atoms with Gasteiger partial charge in [0.2, 0.25) is 5.88 Å². The summed E-state index contributed by atoms with van der Waals surface area (Å²) in [6.07, 6.45) is 1.22. The van der Waals surface area contributed by atoms with Crippen LogP contribution in [-0.2, 0) is 0 Å². The molecule has 0 bridgehead atoms. The van der Waals surface area contributed by atoms with E-state index in [2.05, 4.69) is 4.98 Å². The van der Waals surface area contributed by atoms with Gasteiger partial charge in [0.15, 0.2) is 0 Å². The van der Waals surface area contributed by atoms with E-state index in [1.807, 2.05) is 13.8 Å². The Labute approximate surface area is 146 Å². The van der Waals surface area contributed by atoms with Crippen LogP contribution in [0, 0.1) is 5.82 Å². The lowest BCUT2D eigenvalue weighted by Crippen LogP contribution is -2.31. The van der Waals surface area contributed by atoms with Gasteiger partial charge in [-0.25, -0.2) is 9.37 Å². The molecular weight excluding hydrogens is 323 g/mol. The first-order chi connectivity index (χ1) is 11.9. The molecule has 6 heteroatoms. The highest BCUT2D eigenvalue weighted by Gasteiger charge is 2.36. The summed E-state index contributed by atoms with van der Waals surface area (Å²) in [4.78, 5) is 18.6. The predicted octanol–water partition coefficient (Wildman–Crippen LogP) is 2.96. The van der Waals surface area contributed by atoms with E-state index >= 15 is 0 Å². The number of aromatic nitrogens is 1. The molecule has 3 rings (SSSR count). The molecule has 1 N–H and O–H groups in total. The van der Waals surface area contributed by atoms with Crippen LogP contribution in [0.25, 0.3) is 0 Å². The number of amides is 1. The zero-order valence-electron chi connectivity index (χ0n) is 14.2. The van der Waals surface area contributed by atoms with E-state index in [0.717, 1.165) is 0 Å². The van der Waals surface area contributed by atoms with E-state index in [0.29, 0.717) is 23.4 Å². The molecule has 0 radical (unpaired) electrons. The fourth-order valence-electron chi connectivity index (χ4n) is 3.08. The Morgan fingerprint density at radius 2 is 2.16 bits per heavy atom. The second-order valence-electron chi connectivity index (χ2n) is 6.47. The zero-order valence-corrected chi connectivity index (χ0v) is 14.2. The Hall–Kier alpha value is -2.47. The van der Waals surface area contributed by atoms with Crippen LogP contribution in [0.5, 0.6) is 5.88 Å². The number of carbonyl (C=O) groups is 1. The van der Waals surface area contributed by atoms with Crippen LogP contribution >= 0.6 is 0 Å². The number of halogens is 1. The number of hydrogen-bond acceptors (Lipinski definition) is 4. The first-order valence-corrected chi connectivity index (χ1v) is 8.31. The molecule has 0 saturated carbocycles. The number of pyridine rings is 1. The SMILES string of the molecule is CC(C)Oc1cc(C(=O)N2C[C@@H](O)C[C@@H]2c2cccc(F)c2)ccn1. The molecule has 5 nitrogen and oxygen atoms in total. The van der Waals surface area contributed by atoms with E-state index in [-0.39, 0.29) is 30.4 Å². The van der Waals surface area contributed by atoms with E-state index in [9.17, 15) is 14.3 Å². The minimum absolute atomic E-state index is 0.0495. The highest BCUT2D eigenvalue weighted by molar-refractivity contribution is 5.95. The molecule has 2 aromatic rings. The second-order valence-corrected chi connectivity index (χ2v) is 6.47. The first-order valence-electron chi connectivity index (χ1n) is 8.31. The number of likely N-dealkylation sites (tertiary alicyclic amines) is 1. The Kier molecular flexibility index (Phi) is 4.99. The van der Waals surface area contributed by atoms with Crippen LogP contribution in [0.15, 0.2) is 42.6 Å². The van der Waals surface area contributed by atoms with E-state index in [4.69, 9.17) is 4.74 Å². The fraction of sp³-hybridized carbons (Fsp3) is 0.368. The van der Waals surface area contributed by atoms with Crippen LogP contribution in [0.1, 0.15) is 42.2 Å². The summed E-state index contributed by atoms with van der Waals surface area (Å²) >= 11 is 0. The lowest BCUT2D eigenvalue weighted by molar-refractivity contribution is 0.0714. The van der Waals surface area contributed by atoms with E-state index < -0.39 is 6.10 Å². The molecular formula is C19H21FN2O3. The molecule has 0 aliphatic carbocycles. The minimum atomic E-state index is -0.634. The average Bonchev–Trinajstić information content (AvgIpc) is 2.96. The summed E-state index contributed by atoms with van der Waals surface area (Å²) in [5, 5.41) is 10.0. The molecule has 1 aliphatic rings. The molecule has 25 heavy (non-hydrogen) atoms. The third-order valence-corrected chi connectivity index (χ3v) is 4.11. The van der Waals surface area contributed by atoms with Gasteiger partial charge in [-0.3, -0.25) is 4.79 Å².